The highest BCUT2D eigenvalue weighted by atomic mass is 32.1. The van der Waals surface area contributed by atoms with E-state index in [1.54, 1.807) is 12.1 Å². The van der Waals surface area contributed by atoms with Crippen LogP contribution in [0.25, 0.3) is 0 Å². The van der Waals surface area contributed by atoms with Crippen LogP contribution >= 0.6 is 12.6 Å². The molecule has 1 aliphatic rings. The van der Waals surface area contributed by atoms with E-state index in [1.807, 2.05) is 0 Å². The first-order valence-electron chi connectivity index (χ1n) is 10.1. The molecule has 0 radical (unpaired) electrons. The van der Waals surface area contributed by atoms with E-state index in [0.29, 0.717) is 19.4 Å². The Balaban J connectivity index is 2.00. The number of likely N-dealkylation sites (tertiary alicyclic amines) is 1. The van der Waals surface area contributed by atoms with Gasteiger partial charge in [0.25, 0.3) is 0 Å². The van der Waals surface area contributed by atoms with E-state index < -0.39 is 54.5 Å². The number of carbonyl (C=O) groups excluding carboxylic acids is 3. The van der Waals surface area contributed by atoms with Gasteiger partial charge in [0.05, 0.1) is 12.6 Å². The topological polar surface area (TPSA) is 182 Å². The van der Waals surface area contributed by atoms with Crippen LogP contribution in [0.2, 0.25) is 0 Å². The van der Waals surface area contributed by atoms with Crippen LogP contribution in [0.15, 0.2) is 24.3 Å². The Bertz CT molecular complexity index is 836. The van der Waals surface area contributed by atoms with Crippen molar-refractivity contribution >= 4 is 36.3 Å². The van der Waals surface area contributed by atoms with Crippen molar-refractivity contribution in [2.45, 2.75) is 43.4 Å². The van der Waals surface area contributed by atoms with Gasteiger partial charge >= 0.3 is 5.97 Å². The van der Waals surface area contributed by atoms with Gasteiger partial charge in [-0.3, -0.25) is 14.4 Å². The third kappa shape index (κ3) is 6.58. The quantitative estimate of drug-likeness (QED) is 0.197. The number of phenolic OH excluding ortho intramolecular Hbond substituents is 1. The molecule has 4 atom stereocenters. The largest absolute Gasteiger partial charge is 0.508 e. The lowest BCUT2D eigenvalue weighted by atomic mass is 10.0. The summed E-state index contributed by atoms with van der Waals surface area (Å²) < 4.78 is 0. The van der Waals surface area contributed by atoms with Gasteiger partial charge in [-0.2, -0.15) is 12.6 Å². The second kappa shape index (κ2) is 11.7. The number of aliphatic hydroxyl groups is 1. The molecule has 32 heavy (non-hydrogen) atoms. The van der Waals surface area contributed by atoms with Crippen LogP contribution in [0.3, 0.4) is 0 Å². The van der Waals surface area contributed by atoms with E-state index in [4.69, 9.17) is 15.9 Å². The second-order valence-electron chi connectivity index (χ2n) is 7.49. The van der Waals surface area contributed by atoms with Crippen LogP contribution in [0.1, 0.15) is 18.4 Å². The van der Waals surface area contributed by atoms with E-state index in [0.717, 1.165) is 5.56 Å². The fourth-order valence-electron chi connectivity index (χ4n) is 3.41. The van der Waals surface area contributed by atoms with Crippen molar-refractivity contribution in [2.24, 2.45) is 5.73 Å². The summed E-state index contributed by atoms with van der Waals surface area (Å²) in [5.74, 6) is -3.22. The number of aliphatic carboxylic acids is 1. The Morgan fingerprint density at radius 2 is 1.81 bits per heavy atom. The fourth-order valence-corrected chi connectivity index (χ4v) is 3.67. The van der Waals surface area contributed by atoms with Crippen molar-refractivity contribution < 1.29 is 34.5 Å². The van der Waals surface area contributed by atoms with Crippen molar-refractivity contribution in [3.8, 4) is 5.75 Å². The highest BCUT2D eigenvalue weighted by Gasteiger charge is 2.37. The monoisotopic (exact) mass is 468 g/mol. The number of aromatic hydroxyl groups is 1. The van der Waals surface area contributed by atoms with Crippen LogP contribution in [0.4, 0.5) is 0 Å². The Kier molecular flexibility index (Phi) is 9.29. The van der Waals surface area contributed by atoms with E-state index in [-0.39, 0.29) is 17.9 Å². The molecule has 0 aliphatic carbocycles. The number of aliphatic hydroxyl groups excluding tert-OH is 1. The summed E-state index contributed by atoms with van der Waals surface area (Å²) in [6, 6.07) is 1.92. The number of hydrogen-bond acceptors (Lipinski definition) is 8. The van der Waals surface area contributed by atoms with E-state index in [2.05, 4.69) is 23.3 Å². The molecule has 4 unspecified atom stereocenters. The number of nitrogens with two attached hydrogens (primary N) is 1. The van der Waals surface area contributed by atoms with Gasteiger partial charge in [0, 0.05) is 12.3 Å². The number of nitrogens with zero attached hydrogens (tertiary/aromatic N) is 1. The normalized spacial score (nSPS) is 18.5. The van der Waals surface area contributed by atoms with Crippen LogP contribution in [0, 0.1) is 0 Å². The SMILES string of the molecule is NC(Cc1ccc(O)cc1)C(=O)N1CCCC1C(=O)NC(CS)C(=O)NC(CO)C(=O)O. The molecule has 1 aromatic rings. The molecular weight excluding hydrogens is 440 g/mol. The standard InChI is InChI=1S/C20H28N4O7S/c21-13(8-11-3-5-12(26)6-4-11)19(29)24-7-1-2-16(24)18(28)23-15(10-32)17(27)22-14(9-25)20(30)31/h3-6,13-16,25-26,32H,1-2,7-10,21H2,(H,22,27)(H,23,28)(H,30,31). The molecular formula is C20H28N4O7S. The minimum Gasteiger partial charge on any atom is -0.508 e. The highest BCUT2D eigenvalue weighted by molar-refractivity contribution is 7.80. The number of carbonyl (C=O) groups is 4. The van der Waals surface area contributed by atoms with Gasteiger partial charge in [-0.25, -0.2) is 4.79 Å². The molecule has 1 aliphatic heterocycles. The van der Waals surface area contributed by atoms with Crippen molar-refractivity contribution in [3.63, 3.8) is 0 Å². The zero-order chi connectivity index (χ0) is 23.8. The summed E-state index contributed by atoms with van der Waals surface area (Å²) in [4.78, 5) is 50.3. The predicted octanol–water partition coefficient (Wildman–Crippen LogP) is -1.77. The minimum absolute atomic E-state index is 0.0985. The van der Waals surface area contributed by atoms with Gasteiger partial charge in [0.1, 0.15) is 23.9 Å². The number of carboxylic acid groups (broad SMARTS) is 1. The first kappa shape index (κ1) is 25.4. The molecule has 0 saturated carbocycles. The molecule has 1 aromatic carbocycles. The van der Waals surface area contributed by atoms with E-state index in [9.17, 15) is 24.3 Å². The van der Waals surface area contributed by atoms with Gasteiger partial charge in [0.15, 0.2) is 0 Å². The minimum atomic E-state index is -1.51. The zero-order valence-electron chi connectivity index (χ0n) is 17.3. The maximum atomic E-state index is 12.9. The first-order valence-corrected chi connectivity index (χ1v) is 10.7. The Hall–Kier alpha value is -2.83. The van der Waals surface area contributed by atoms with Gasteiger partial charge in [-0.15, -0.1) is 0 Å². The first-order chi connectivity index (χ1) is 15.2. The average molecular weight is 469 g/mol. The van der Waals surface area contributed by atoms with Crippen LogP contribution in [-0.4, -0.2) is 87.0 Å². The third-order valence-electron chi connectivity index (χ3n) is 5.16. The summed E-state index contributed by atoms with van der Waals surface area (Å²) in [6.07, 6.45) is 1.20. The Labute approximate surface area is 190 Å². The number of amides is 3. The molecule has 7 N–H and O–H groups in total. The van der Waals surface area contributed by atoms with Gasteiger partial charge in [-0.05, 0) is 37.0 Å². The molecule has 176 valence electrons. The van der Waals surface area contributed by atoms with E-state index >= 15 is 0 Å². The molecule has 11 nitrogen and oxygen atoms in total. The lowest BCUT2D eigenvalue weighted by Crippen LogP contribution is -2.57. The summed E-state index contributed by atoms with van der Waals surface area (Å²) in [5.41, 5.74) is 6.82. The van der Waals surface area contributed by atoms with Crippen molar-refractivity contribution in [2.75, 3.05) is 18.9 Å². The zero-order valence-corrected chi connectivity index (χ0v) is 18.2. The number of benzene rings is 1. The summed E-state index contributed by atoms with van der Waals surface area (Å²) in [6.45, 7) is -0.471. The van der Waals surface area contributed by atoms with Crippen LogP contribution in [0.5, 0.6) is 5.75 Å². The number of phenols is 1. The smallest absolute Gasteiger partial charge is 0.328 e. The highest BCUT2D eigenvalue weighted by Crippen LogP contribution is 2.20. The van der Waals surface area contributed by atoms with Gasteiger partial charge in [-0.1, -0.05) is 12.1 Å². The molecule has 2 rings (SSSR count). The van der Waals surface area contributed by atoms with E-state index in [1.165, 1.54) is 17.0 Å². The molecule has 1 saturated heterocycles. The van der Waals surface area contributed by atoms with Crippen molar-refractivity contribution in [1.29, 1.82) is 0 Å². The van der Waals surface area contributed by atoms with Crippen LogP contribution < -0.4 is 16.4 Å². The predicted molar refractivity (Wildman–Crippen MR) is 117 cm³/mol. The molecule has 1 heterocycles. The molecule has 0 spiro atoms. The lowest BCUT2D eigenvalue weighted by Gasteiger charge is -2.28. The summed E-state index contributed by atoms with van der Waals surface area (Å²) in [7, 11) is 0. The number of nitrogens with one attached hydrogen (secondary N) is 2. The molecule has 0 aromatic heterocycles. The third-order valence-corrected chi connectivity index (χ3v) is 5.53. The Morgan fingerprint density at radius 1 is 1.16 bits per heavy atom. The molecule has 0 bridgehead atoms. The van der Waals surface area contributed by atoms with Crippen molar-refractivity contribution in [3.05, 3.63) is 29.8 Å². The summed E-state index contributed by atoms with van der Waals surface area (Å²) in [5, 5.41) is 32.0. The number of rotatable bonds is 10. The van der Waals surface area contributed by atoms with Gasteiger partial charge in [0.2, 0.25) is 17.7 Å². The fraction of sp³-hybridized carbons (Fsp3) is 0.500. The average Bonchev–Trinajstić information content (AvgIpc) is 3.26. The molecule has 12 heteroatoms. The maximum Gasteiger partial charge on any atom is 0.328 e. The van der Waals surface area contributed by atoms with Crippen molar-refractivity contribution in [1.82, 2.24) is 15.5 Å². The van der Waals surface area contributed by atoms with Gasteiger partial charge < -0.3 is 36.6 Å². The number of hydrogen-bond donors (Lipinski definition) is 7. The lowest BCUT2D eigenvalue weighted by molar-refractivity contribution is -0.143. The molecule has 3 amide bonds. The molecule has 1 fully saturated rings. The summed E-state index contributed by atoms with van der Waals surface area (Å²) >= 11 is 4.03. The second-order valence-corrected chi connectivity index (χ2v) is 7.86. The Morgan fingerprint density at radius 3 is 2.38 bits per heavy atom. The number of carboxylic acids is 1. The van der Waals surface area contributed by atoms with Crippen LogP contribution in [-0.2, 0) is 25.6 Å². The maximum absolute atomic E-state index is 12.9. The number of thiol groups is 1.